The van der Waals surface area contributed by atoms with E-state index in [0.29, 0.717) is 39.2 Å². The summed E-state index contributed by atoms with van der Waals surface area (Å²) in [6, 6.07) is 20.6. The summed E-state index contributed by atoms with van der Waals surface area (Å²) in [5.41, 5.74) is 2.98. The Kier molecular flexibility index (Phi) is 5.05. The molecule has 2 heterocycles. The highest BCUT2D eigenvalue weighted by Gasteiger charge is 2.39. The Morgan fingerprint density at radius 3 is 2.18 bits per heavy atom. The van der Waals surface area contributed by atoms with E-state index in [1.807, 2.05) is 79.7 Å². The van der Waals surface area contributed by atoms with Gasteiger partial charge in [-0.05, 0) is 35.3 Å². The van der Waals surface area contributed by atoms with Crippen molar-refractivity contribution in [2.45, 2.75) is 4.90 Å². The smallest absolute Gasteiger partial charge is 0.382 e. The van der Waals surface area contributed by atoms with Crippen molar-refractivity contribution in [2.75, 3.05) is 37.9 Å². The number of anilines is 2. The molecule has 1 aliphatic rings. The van der Waals surface area contributed by atoms with Crippen molar-refractivity contribution in [1.82, 2.24) is 13.9 Å². The molecule has 4 aromatic rings. The van der Waals surface area contributed by atoms with Gasteiger partial charge in [-0.15, -0.1) is 3.95 Å². The molecule has 1 aliphatic heterocycles. The average molecular weight is 463 g/mol. The number of rotatable bonds is 5. The lowest BCUT2D eigenvalue weighted by molar-refractivity contribution is 0.394. The second kappa shape index (κ2) is 7.93. The second-order valence-electron chi connectivity index (χ2n) is 7.77. The molecule has 33 heavy (non-hydrogen) atoms. The van der Waals surface area contributed by atoms with E-state index in [4.69, 9.17) is 19.4 Å². The maximum absolute atomic E-state index is 14.8. The predicted octanol–water partition coefficient (Wildman–Crippen LogP) is 4.42. The third kappa shape index (κ3) is 3.50. The number of benzene rings is 3. The van der Waals surface area contributed by atoms with Gasteiger partial charge in [0.15, 0.2) is 5.69 Å². The molecule has 1 unspecified atom stereocenters. The van der Waals surface area contributed by atoms with Crippen molar-refractivity contribution in [3.63, 3.8) is 0 Å². The minimum Gasteiger partial charge on any atom is -0.496 e. The molecule has 9 heteroatoms. The van der Waals surface area contributed by atoms with Crippen molar-refractivity contribution < 1.29 is 13.7 Å². The van der Waals surface area contributed by atoms with Crippen molar-refractivity contribution in [1.29, 1.82) is 0 Å². The van der Waals surface area contributed by atoms with Crippen LogP contribution in [0.3, 0.4) is 0 Å². The first-order chi connectivity index (χ1) is 15.9. The topological polar surface area (TPSA) is 79.6 Å². The largest absolute Gasteiger partial charge is 0.496 e. The zero-order valence-corrected chi connectivity index (χ0v) is 19.6. The Hall–Kier alpha value is -3.85. The molecule has 1 atom stereocenters. The van der Waals surface area contributed by atoms with Crippen LogP contribution in [0.15, 0.2) is 71.6 Å². The van der Waals surface area contributed by atoms with E-state index in [9.17, 15) is 4.21 Å². The molecular weight excluding hydrogens is 438 g/mol. The van der Waals surface area contributed by atoms with Gasteiger partial charge in [-0.3, -0.25) is 4.72 Å². The summed E-state index contributed by atoms with van der Waals surface area (Å²) in [5.74, 6) is 2.09. The van der Waals surface area contributed by atoms with Gasteiger partial charge in [-0.2, -0.15) is 0 Å². The molecule has 0 saturated carbocycles. The van der Waals surface area contributed by atoms with Crippen LogP contribution in [0, 0.1) is 0 Å². The van der Waals surface area contributed by atoms with Gasteiger partial charge in [-0.25, -0.2) is 9.19 Å². The van der Waals surface area contributed by atoms with E-state index >= 15 is 0 Å². The Morgan fingerprint density at radius 2 is 1.55 bits per heavy atom. The molecule has 1 aromatic heterocycles. The van der Waals surface area contributed by atoms with Gasteiger partial charge >= 0.3 is 5.82 Å². The Bertz CT molecular complexity index is 1490. The summed E-state index contributed by atoms with van der Waals surface area (Å²) in [6.45, 7) is 0. The summed E-state index contributed by atoms with van der Waals surface area (Å²) >= 11 is 0. The van der Waals surface area contributed by atoms with Crippen LogP contribution in [-0.4, -0.2) is 42.5 Å². The van der Waals surface area contributed by atoms with Crippen LogP contribution >= 0.6 is 0 Å². The predicted molar refractivity (Wildman–Crippen MR) is 131 cm³/mol. The van der Waals surface area contributed by atoms with Gasteiger partial charge in [0.05, 0.1) is 19.1 Å². The average Bonchev–Trinajstić information content (AvgIpc) is 3.14. The Balaban J connectivity index is 1.86. The summed E-state index contributed by atoms with van der Waals surface area (Å²) in [6.07, 6.45) is 0. The van der Waals surface area contributed by atoms with Gasteiger partial charge in [0.1, 0.15) is 17.0 Å². The maximum atomic E-state index is 14.8. The van der Waals surface area contributed by atoms with Crippen LogP contribution < -0.4 is 23.0 Å². The van der Waals surface area contributed by atoms with Crippen molar-refractivity contribution >= 4 is 44.0 Å². The third-order valence-electron chi connectivity index (χ3n) is 5.46. The standard InChI is InChI=1S/C24H23N5O3S/c1-28(2)16-8-7-9-20(14-16)33(30)27-23-24(26-22-11-6-5-10-21(22)25-23)29(33)17-12-18(31-3)15-19(13-17)32-4/h5-15H,1-4H3/p+1. The van der Waals surface area contributed by atoms with E-state index in [-0.39, 0.29) is 0 Å². The number of methoxy groups -OCH3 is 2. The minimum atomic E-state index is -3.05. The highest BCUT2D eigenvalue weighted by molar-refractivity contribution is 7.95. The number of fused-ring (bicyclic) bond motifs is 2. The van der Waals surface area contributed by atoms with E-state index in [0.717, 1.165) is 11.2 Å². The number of hydrogen-bond donors (Lipinski definition) is 1. The molecule has 0 bridgehead atoms. The molecular formula is C24H24N5O3S+. The monoisotopic (exact) mass is 462 g/mol. The Morgan fingerprint density at radius 1 is 0.879 bits per heavy atom. The van der Waals surface area contributed by atoms with Crippen LogP contribution in [0.2, 0.25) is 0 Å². The van der Waals surface area contributed by atoms with Crippen molar-refractivity contribution in [2.24, 2.45) is 0 Å². The van der Waals surface area contributed by atoms with Gasteiger partial charge < -0.3 is 14.4 Å². The summed E-state index contributed by atoms with van der Waals surface area (Å²) < 4.78 is 30.6. The van der Waals surface area contributed by atoms with E-state index in [1.54, 1.807) is 24.2 Å². The van der Waals surface area contributed by atoms with Gasteiger partial charge in [0.2, 0.25) is 21.2 Å². The molecule has 8 nitrogen and oxygen atoms in total. The molecule has 0 radical (unpaired) electrons. The molecule has 3 aromatic carbocycles. The number of nitrogens with one attached hydrogen (secondary N) is 1. The fourth-order valence-electron chi connectivity index (χ4n) is 3.78. The number of para-hydroxylation sites is 2. The minimum absolute atomic E-state index is 0.454. The molecule has 0 spiro atoms. The van der Waals surface area contributed by atoms with Gasteiger partial charge in [0.25, 0.3) is 0 Å². The van der Waals surface area contributed by atoms with Crippen LogP contribution in [-0.2, 0) is 9.92 Å². The fraction of sp³-hybridized carbons (Fsp3) is 0.167. The second-order valence-corrected chi connectivity index (χ2v) is 9.86. The molecule has 0 amide bonds. The van der Waals surface area contributed by atoms with Gasteiger partial charge in [-0.1, -0.05) is 18.2 Å². The lowest BCUT2D eigenvalue weighted by Gasteiger charge is -2.15. The highest BCUT2D eigenvalue weighted by atomic mass is 32.2. The quantitative estimate of drug-likeness (QED) is 0.443. The molecule has 168 valence electrons. The molecule has 0 aliphatic carbocycles. The first-order valence-corrected chi connectivity index (χ1v) is 11.8. The first kappa shape index (κ1) is 21.0. The maximum Gasteiger partial charge on any atom is 0.382 e. The number of ether oxygens (including phenoxy) is 2. The van der Waals surface area contributed by atoms with Crippen LogP contribution in [0.4, 0.5) is 23.0 Å². The zero-order chi connectivity index (χ0) is 23.2. The number of nitrogens with zero attached hydrogens (tertiary/aromatic N) is 4. The number of hydrogen-bond acceptors (Lipinski definition) is 6. The van der Waals surface area contributed by atoms with Crippen LogP contribution in [0.1, 0.15) is 0 Å². The van der Waals surface area contributed by atoms with Gasteiger partial charge in [0, 0.05) is 38.0 Å². The molecule has 5 rings (SSSR count). The lowest BCUT2D eigenvalue weighted by atomic mass is 10.2. The zero-order valence-electron chi connectivity index (χ0n) is 18.8. The van der Waals surface area contributed by atoms with Crippen LogP contribution in [0.5, 0.6) is 11.5 Å². The lowest BCUT2D eigenvalue weighted by Crippen LogP contribution is -2.20. The first-order valence-electron chi connectivity index (χ1n) is 10.3. The molecule has 0 fully saturated rings. The summed E-state index contributed by atoms with van der Waals surface area (Å²) in [7, 11) is 4.01. The van der Waals surface area contributed by atoms with E-state index in [2.05, 4.69) is 4.72 Å². The van der Waals surface area contributed by atoms with Crippen molar-refractivity contribution in [3.8, 4) is 11.5 Å². The molecule has 1 N–H and O–H groups in total. The highest BCUT2D eigenvalue weighted by Crippen LogP contribution is 2.40. The number of aromatic nitrogens is 2. The normalized spacial score (nSPS) is 16.9. The van der Waals surface area contributed by atoms with Crippen LogP contribution in [0.25, 0.3) is 11.0 Å². The van der Waals surface area contributed by atoms with E-state index in [1.165, 1.54) is 0 Å². The Labute approximate surface area is 192 Å². The third-order valence-corrected chi connectivity index (χ3v) is 7.72. The molecule has 0 saturated heterocycles. The fourth-order valence-corrected chi connectivity index (χ4v) is 5.91. The van der Waals surface area contributed by atoms with Crippen molar-refractivity contribution in [3.05, 3.63) is 66.7 Å². The summed E-state index contributed by atoms with van der Waals surface area (Å²) in [4.78, 5) is 12.1. The summed E-state index contributed by atoms with van der Waals surface area (Å²) in [5, 5.41) is 0. The SMILES string of the molecule is COc1cc(OC)cc([N+]2=S(=O)(c3cccc(N(C)C)c3)Nc3nc4ccccc4nc32)c1. The van der Waals surface area contributed by atoms with E-state index < -0.39 is 9.92 Å².